The second kappa shape index (κ2) is 6.83. The van der Waals surface area contributed by atoms with Gasteiger partial charge in [0.2, 0.25) is 5.95 Å². The van der Waals surface area contributed by atoms with Crippen LogP contribution in [0.3, 0.4) is 0 Å². The first-order valence-corrected chi connectivity index (χ1v) is 11.1. The summed E-state index contributed by atoms with van der Waals surface area (Å²) < 4.78 is 3.54. The first-order valence-electron chi connectivity index (χ1n) is 10.8. The number of nitrogens with zero attached hydrogens (tertiary/aromatic N) is 5. The van der Waals surface area contributed by atoms with Crippen molar-refractivity contribution in [2.75, 3.05) is 24.5 Å². The Labute approximate surface area is 183 Å². The summed E-state index contributed by atoms with van der Waals surface area (Å²) in [7, 11) is 1.81. The lowest BCUT2D eigenvalue weighted by Crippen LogP contribution is -2.43. The maximum atomic E-state index is 13.5. The third-order valence-electron chi connectivity index (χ3n) is 6.69. The fourth-order valence-corrected chi connectivity index (χ4v) is 5.43. The SMILES string of the molecule is CCn1cc2c(Cl)c(-c3c[nH]c4nc(N5C[C@H]6CN[C@H](C6)C5)n(C)c(=O)c34)ccc2n1. The number of anilines is 1. The summed E-state index contributed by atoms with van der Waals surface area (Å²) in [5, 5.41) is 10.1. The molecule has 4 aromatic rings. The van der Waals surface area contributed by atoms with Gasteiger partial charge in [-0.2, -0.15) is 10.1 Å². The second-order valence-electron chi connectivity index (χ2n) is 8.66. The van der Waals surface area contributed by atoms with Gasteiger partial charge in [0.05, 0.1) is 15.9 Å². The number of rotatable bonds is 3. The van der Waals surface area contributed by atoms with Gasteiger partial charge in [-0.05, 0) is 25.3 Å². The van der Waals surface area contributed by atoms with Gasteiger partial charge < -0.3 is 15.2 Å². The van der Waals surface area contributed by atoms with Crippen molar-refractivity contribution in [3.8, 4) is 11.1 Å². The predicted molar refractivity (Wildman–Crippen MR) is 123 cm³/mol. The van der Waals surface area contributed by atoms with Gasteiger partial charge >= 0.3 is 0 Å². The van der Waals surface area contributed by atoms with Crippen molar-refractivity contribution in [2.45, 2.75) is 25.9 Å². The molecule has 8 nitrogen and oxygen atoms in total. The van der Waals surface area contributed by atoms with Gasteiger partial charge in [-0.25, -0.2) is 0 Å². The van der Waals surface area contributed by atoms with Crippen LogP contribution in [-0.4, -0.2) is 50.0 Å². The van der Waals surface area contributed by atoms with E-state index in [-0.39, 0.29) is 5.56 Å². The van der Waals surface area contributed by atoms with Crippen LogP contribution in [0.5, 0.6) is 0 Å². The normalized spacial score (nSPS) is 20.9. The Morgan fingerprint density at radius 1 is 1.26 bits per heavy atom. The monoisotopic (exact) mass is 437 g/mol. The molecule has 2 aliphatic heterocycles. The van der Waals surface area contributed by atoms with E-state index >= 15 is 0 Å². The molecule has 2 bridgehead atoms. The van der Waals surface area contributed by atoms with E-state index in [1.54, 1.807) is 11.6 Å². The smallest absolute Gasteiger partial charge is 0.264 e. The van der Waals surface area contributed by atoms with Crippen molar-refractivity contribution in [3.05, 3.63) is 39.9 Å². The van der Waals surface area contributed by atoms with Crippen LogP contribution in [0, 0.1) is 5.92 Å². The molecule has 0 radical (unpaired) electrons. The van der Waals surface area contributed by atoms with E-state index in [4.69, 9.17) is 16.6 Å². The zero-order chi connectivity index (χ0) is 21.3. The lowest BCUT2D eigenvalue weighted by atomic mass is 10.0. The number of nitrogens with one attached hydrogen (secondary N) is 2. The van der Waals surface area contributed by atoms with Crippen LogP contribution in [0.2, 0.25) is 5.02 Å². The van der Waals surface area contributed by atoms with Gasteiger partial charge in [-0.3, -0.25) is 14.0 Å². The van der Waals surface area contributed by atoms with E-state index < -0.39 is 0 Å². The summed E-state index contributed by atoms with van der Waals surface area (Å²) in [6.45, 7) is 5.65. The zero-order valence-electron chi connectivity index (χ0n) is 17.5. The Hall–Kier alpha value is -2.84. The minimum Gasteiger partial charge on any atom is -0.345 e. The van der Waals surface area contributed by atoms with Gasteiger partial charge in [0.25, 0.3) is 5.56 Å². The van der Waals surface area contributed by atoms with Gasteiger partial charge in [0, 0.05) is 68.2 Å². The van der Waals surface area contributed by atoms with Crippen LogP contribution in [0.4, 0.5) is 5.95 Å². The molecule has 3 aromatic heterocycles. The zero-order valence-corrected chi connectivity index (χ0v) is 18.3. The number of piperidine rings is 1. The quantitative estimate of drug-likeness (QED) is 0.515. The third kappa shape index (κ3) is 2.81. The van der Waals surface area contributed by atoms with Crippen molar-refractivity contribution in [1.82, 2.24) is 29.6 Å². The van der Waals surface area contributed by atoms with Gasteiger partial charge in [-0.15, -0.1) is 0 Å². The number of aromatic nitrogens is 5. The number of hydrogen-bond donors (Lipinski definition) is 2. The average molecular weight is 438 g/mol. The van der Waals surface area contributed by atoms with E-state index in [2.05, 4.69) is 20.3 Å². The van der Waals surface area contributed by atoms with Crippen molar-refractivity contribution in [3.63, 3.8) is 0 Å². The Balaban J connectivity index is 1.49. The molecule has 0 aliphatic carbocycles. The van der Waals surface area contributed by atoms with Gasteiger partial charge in [0.1, 0.15) is 5.65 Å². The molecule has 6 rings (SSSR count). The fraction of sp³-hybridized carbons (Fsp3) is 0.409. The second-order valence-corrected chi connectivity index (χ2v) is 9.04. The van der Waals surface area contributed by atoms with Crippen LogP contribution >= 0.6 is 11.6 Å². The first-order chi connectivity index (χ1) is 15.0. The number of halogens is 1. The van der Waals surface area contributed by atoms with E-state index in [0.717, 1.165) is 54.2 Å². The van der Waals surface area contributed by atoms with E-state index in [9.17, 15) is 4.79 Å². The van der Waals surface area contributed by atoms with Crippen LogP contribution < -0.4 is 15.8 Å². The molecule has 5 heterocycles. The lowest BCUT2D eigenvalue weighted by Gasteiger charge is -2.32. The lowest BCUT2D eigenvalue weighted by molar-refractivity contribution is 0.464. The highest BCUT2D eigenvalue weighted by molar-refractivity contribution is 6.38. The fourth-order valence-electron chi connectivity index (χ4n) is 5.12. The number of H-pyrrole nitrogens is 1. The number of fused-ring (bicyclic) bond motifs is 4. The third-order valence-corrected chi connectivity index (χ3v) is 7.10. The molecule has 2 N–H and O–H groups in total. The Kier molecular flexibility index (Phi) is 4.16. The number of aryl methyl sites for hydroxylation is 1. The molecule has 9 heteroatoms. The number of aromatic amines is 1. The largest absolute Gasteiger partial charge is 0.345 e. The first kappa shape index (κ1) is 18.9. The van der Waals surface area contributed by atoms with Crippen molar-refractivity contribution >= 4 is 39.5 Å². The van der Waals surface area contributed by atoms with Gasteiger partial charge in [0.15, 0.2) is 0 Å². The maximum absolute atomic E-state index is 13.5. The highest BCUT2D eigenvalue weighted by Gasteiger charge is 2.34. The van der Waals surface area contributed by atoms with E-state index in [0.29, 0.717) is 28.0 Å². The molecule has 2 atom stereocenters. The van der Waals surface area contributed by atoms with Gasteiger partial charge in [-0.1, -0.05) is 17.7 Å². The molecule has 2 saturated heterocycles. The standard InChI is InChI=1S/C22H24ClN7O/c1-3-30-11-16-17(27-30)5-4-14(19(16)23)15-8-25-20-18(15)21(31)28(2)22(26-20)29-9-12-6-13(10-29)24-7-12/h4-5,8,11-13,24-25H,3,6-7,9-10H2,1-2H3/t12-,13-/m1/s1. The molecular formula is C22H24ClN7O. The molecule has 2 fully saturated rings. The molecule has 31 heavy (non-hydrogen) atoms. The Bertz CT molecular complexity index is 1370. The summed E-state index contributed by atoms with van der Waals surface area (Å²) in [5.74, 6) is 1.33. The summed E-state index contributed by atoms with van der Waals surface area (Å²) in [5.41, 5.74) is 2.95. The Morgan fingerprint density at radius 2 is 2.13 bits per heavy atom. The summed E-state index contributed by atoms with van der Waals surface area (Å²) in [6.07, 6.45) is 4.99. The number of benzene rings is 1. The highest BCUT2D eigenvalue weighted by Crippen LogP contribution is 2.37. The average Bonchev–Trinajstić information content (AvgIpc) is 3.47. The molecule has 2 aliphatic rings. The predicted octanol–water partition coefficient (Wildman–Crippen LogP) is 2.75. The summed E-state index contributed by atoms with van der Waals surface area (Å²) >= 11 is 6.78. The van der Waals surface area contributed by atoms with Crippen molar-refractivity contribution in [1.29, 1.82) is 0 Å². The van der Waals surface area contributed by atoms with Crippen LogP contribution in [0.15, 0.2) is 29.3 Å². The minimum absolute atomic E-state index is 0.0671. The summed E-state index contributed by atoms with van der Waals surface area (Å²) in [4.78, 5) is 23.8. The Morgan fingerprint density at radius 3 is 2.94 bits per heavy atom. The topological polar surface area (TPSA) is 83.8 Å². The molecule has 1 aromatic carbocycles. The van der Waals surface area contributed by atoms with Crippen LogP contribution in [0.1, 0.15) is 13.3 Å². The van der Waals surface area contributed by atoms with Crippen molar-refractivity contribution in [2.24, 2.45) is 13.0 Å². The van der Waals surface area contributed by atoms with Crippen molar-refractivity contribution < 1.29 is 0 Å². The highest BCUT2D eigenvalue weighted by atomic mass is 35.5. The maximum Gasteiger partial charge on any atom is 0.264 e. The molecule has 0 amide bonds. The molecule has 0 spiro atoms. The minimum atomic E-state index is -0.0671. The van der Waals surface area contributed by atoms with Crippen LogP contribution in [0.25, 0.3) is 33.1 Å². The van der Waals surface area contributed by atoms with E-state index in [1.807, 2.05) is 36.1 Å². The molecular weight excluding hydrogens is 414 g/mol. The number of hydrogen-bond acceptors (Lipinski definition) is 5. The molecule has 0 saturated carbocycles. The molecule has 160 valence electrons. The summed E-state index contributed by atoms with van der Waals surface area (Å²) in [6, 6.07) is 4.35. The van der Waals surface area contributed by atoms with Crippen LogP contribution in [-0.2, 0) is 13.6 Å². The van der Waals surface area contributed by atoms with E-state index in [1.165, 1.54) is 6.42 Å². The molecule has 0 unspecified atom stereocenters.